The average molecular weight is 204 g/mol. The molecule has 3 heteroatoms. The van der Waals surface area contributed by atoms with Crippen molar-refractivity contribution < 1.29 is 4.74 Å². The average Bonchev–Trinajstić information content (AvgIpc) is 2.25. The van der Waals surface area contributed by atoms with Gasteiger partial charge in [-0.2, -0.15) is 5.26 Å². The summed E-state index contributed by atoms with van der Waals surface area (Å²) in [6, 6.07) is 9.95. The molecule has 0 aliphatic heterocycles. The van der Waals surface area contributed by atoms with Crippen molar-refractivity contribution in [2.24, 2.45) is 5.73 Å². The Morgan fingerprint density at radius 1 is 1.40 bits per heavy atom. The van der Waals surface area contributed by atoms with Crippen molar-refractivity contribution in [3.63, 3.8) is 0 Å². The quantitative estimate of drug-likeness (QED) is 0.796. The van der Waals surface area contributed by atoms with E-state index in [-0.39, 0.29) is 12.6 Å². The fraction of sp³-hybridized carbons (Fsp3) is 0.417. The van der Waals surface area contributed by atoms with E-state index in [0.29, 0.717) is 0 Å². The second kappa shape index (κ2) is 6.05. The molecule has 1 aromatic carbocycles. The molecule has 80 valence electrons. The van der Waals surface area contributed by atoms with E-state index in [1.807, 2.05) is 37.3 Å². The van der Waals surface area contributed by atoms with Crippen molar-refractivity contribution in [2.45, 2.75) is 25.8 Å². The molecule has 0 aliphatic rings. The lowest BCUT2D eigenvalue weighted by molar-refractivity contribution is 0.368. The molecular weight excluding hydrogens is 188 g/mol. The maximum absolute atomic E-state index is 8.34. The number of nitriles is 1. The minimum absolute atomic E-state index is 0.0964. The topological polar surface area (TPSA) is 59.0 Å². The molecule has 0 aliphatic carbocycles. The summed E-state index contributed by atoms with van der Waals surface area (Å²) in [5, 5.41) is 8.34. The number of benzene rings is 1. The van der Waals surface area contributed by atoms with Crippen molar-refractivity contribution >= 4 is 0 Å². The number of nitrogens with two attached hydrogens (primary N) is 1. The first kappa shape index (κ1) is 11.5. The van der Waals surface area contributed by atoms with Gasteiger partial charge in [-0.25, -0.2) is 0 Å². The van der Waals surface area contributed by atoms with Gasteiger partial charge in [0.15, 0.2) is 6.61 Å². The van der Waals surface area contributed by atoms with Crippen LogP contribution in [0.1, 0.15) is 18.9 Å². The maximum atomic E-state index is 8.34. The second-order valence-corrected chi connectivity index (χ2v) is 3.61. The summed E-state index contributed by atoms with van der Waals surface area (Å²) in [7, 11) is 0. The van der Waals surface area contributed by atoms with E-state index >= 15 is 0 Å². The van der Waals surface area contributed by atoms with Crippen LogP contribution in [0.25, 0.3) is 0 Å². The molecule has 0 radical (unpaired) electrons. The molecule has 0 saturated carbocycles. The van der Waals surface area contributed by atoms with Crippen LogP contribution < -0.4 is 10.5 Å². The summed E-state index contributed by atoms with van der Waals surface area (Å²) in [5.41, 5.74) is 6.92. The lowest BCUT2D eigenvalue weighted by Crippen LogP contribution is -2.15. The van der Waals surface area contributed by atoms with E-state index in [2.05, 4.69) is 0 Å². The van der Waals surface area contributed by atoms with Gasteiger partial charge in [-0.1, -0.05) is 12.1 Å². The fourth-order valence-electron chi connectivity index (χ4n) is 1.26. The summed E-state index contributed by atoms with van der Waals surface area (Å²) in [6.07, 6.45) is 1.97. The fourth-order valence-corrected chi connectivity index (χ4v) is 1.26. The molecule has 3 nitrogen and oxygen atoms in total. The Morgan fingerprint density at radius 2 is 2.07 bits per heavy atom. The highest BCUT2D eigenvalue weighted by Crippen LogP contribution is 2.13. The molecule has 0 fully saturated rings. The van der Waals surface area contributed by atoms with Crippen LogP contribution >= 0.6 is 0 Å². The lowest BCUT2D eigenvalue weighted by atomic mass is 10.1. The van der Waals surface area contributed by atoms with Crippen LogP contribution in [0.3, 0.4) is 0 Å². The largest absolute Gasteiger partial charge is 0.479 e. The Balaban J connectivity index is 2.46. The van der Waals surface area contributed by atoms with Crippen LogP contribution in [0.15, 0.2) is 24.3 Å². The third-order valence-electron chi connectivity index (χ3n) is 2.12. The molecule has 0 amide bonds. The Kier molecular flexibility index (Phi) is 4.65. The maximum Gasteiger partial charge on any atom is 0.174 e. The first-order valence-electron chi connectivity index (χ1n) is 5.06. The minimum Gasteiger partial charge on any atom is -0.479 e. The monoisotopic (exact) mass is 204 g/mol. The van der Waals surface area contributed by atoms with Crippen LogP contribution in [0.2, 0.25) is 0 Å². The van der Waals surface area contributed by atoms with Gasteiger partial charge in [0.2, 0.25) is 0 Å². The zero-order valence-electron chi connectivity index (χ0n) is 8.94. The number of ether oxygens (including phenoxy) is 1. The molecule has 1 aromatic rings. The number of nitrogens with zero attached hydrogens (tertiary/aromatic N) is 1. The third-order valence-corrected chi connectivity index (χ3v) is 2.12. The highest BCUT2D eigenvalue weighted by molar-refractivity contribution is 5.27. The van der Waals surface area contributed by atoms with Gasteiger partial charge in [0.05, 0.1) is 0 Å². The Labute approximate surface area is 90.5 Å². The zero-order chi connectivity index (χ0) is 11.1. The van der Waals surface area contributed by atoms with Crippen molar-refractivity contribution in [3.8, 4) is 11.8 Å². The van der Waals surface area contributed by atoms with Crippen LogP contribution in [-0.4, -0.2) is 12.6 Å². The van der Waals surface area contributed by atoms with Gasteiger partial charge in [-0.3, -0.25) is 0 Å². The first-order valence-corrected chi connectivity index (χ1v) is 5.06. The Morgan fingerprint density at radius 3 is 2.60 bits per heavy atom. The molecule has 2 N–H and O–H groups in total. The number of hydrogen-bond donors (Lipinski definition) is 1. The van der Waals surface area contributed by atoms with Crippen LogP contribution in [0, 0.1) is 11.3 Å². The van der Waals surface area contributed by atoms with Crippen LogP contribution in [-0.2, 0) is 6.42 Å². The molecule has 0 aromatic heterocycles. The predicted octanol–water partition coefficient (Wildman–Crippen LogP) is 1.87. The van der Waals surface area contributed by atoms with Gasteiger partial charge in [0, 0.05) is 6.04 Å². The zero-order valence-corrected chi connectivity index (χ0v) is 8.94. The van der Waals surface area contributed by atoms with Crippen LogP contribution in [0.5, 0.6) is 5.75 Å². The van der Waals surface area contributed by atoms with Gasteiger partial charge >= 0.3 is 0 Å². The Bertz CT molecular complexity index is 324. The first-order chi connectivity index (χ1) is 7.22. The summed E-state index contributed by atoms with van der Waals surface area (Å²) < 4.78 is 5.15. The van der Waals surface area contributed by atoms with E-state index in [1.165, 1.54) is 5.56 Å². The van der Waals surface area contributed by atoms with Gasteiger partial charge in [0.1, 0.15) is 11.8 Å². The third kappa shape index (κ3) is 4.48. The van der Waals surface area contributed by atoms with Gasteiger partial charge in [0.25, 0.3) is 0 Å². The molecule has 0 saturated heterocycles. The number of aryl methyl sites for hydroxylation is 1. The highest BCUT2D eigenvalue weighted by atomic mass is 16.5. The van der Waals surface area contributed by atoms with E-state index in [1.54, 1.807) is 0 Å². The Hall–Kier alpha value is -1.53. The minimum atomic E-state index is 0.0964. The molecule has 0 spiro atoms. The van der Waals surface area contributed by atoms with Crippen molar-refractivity contribution in [1.82, 2.24) is 0 Å². The molecule has 1 unspecified atom stereocenters. The van der Waals surface area contributed by atoms with Crippen LogP contribution in [0.4, 0.5) is 0 Å². The molecule has 0 heterocycles. The van der Waals surface area contributed by atoms with E-state index in [4.69, 9.17) is 15.7 Å². The smallest absolute Gasteiger partial charge is 0.174 e. The van der Waals surface area contributed by atoms with Crippen molar-refractivity contribution in [2.75, 3.05) is 6.61 Å². The molecule has 0 bridgehead atoms. The molecule has 15 heavy (non-hydrogen) atoms. The normalized spacial score (nSPS) is 11.8. The van der Waals surface area contributed by atoms with Crippen molar-refractivity contribution in [1.29, 1.82) is 5.26 Å². The summed E-state index contributed by atoms with van der Waals surface area (Å²) in [6.45, 7) is 2.10. The van der Waals surface area contributed by atoms with Gasteiger partial charge < -0.3 is 10.5 Å². The van der Waals surface area contributed by atoms with Crippen molar-refractivity contribution in [3.05, 3.63) is 29.8 Å². The van der Waals surface area contributed by atoms with Gasteiger partial charge in [-0.15, -0.1) is 0 Å². The summed E-state index contributed by atoms with van der Waals surface area (Å²) in [5.74, 6) is 0.737. The van der Waals surface area contributed by atoms with E-state index < -0.39 is 0 Å². The molecule has 1 atom stereocenters. The summed E-state index contributed by atoms with van der Waals surface area (Å²) in [4.78, 5) is 0. The van der Waals surface area contributed by atoms with E-state index in [9.17, 15) is 0 Å². The highest BCUT2D eigenvalue weighted by Gasteiger charge is 1.98. The van der Waals surface area contributed by atoms with Gasteiger partial charge in [-0.05, 0) is 37.5 Å². The predicted molar refractivity (Wildman–Crippen MR) is 59.5 cm³/mol. The molecular formula is C12H16N2O. The lowest BCUT2D eigenvalue weighted by Gasteiger charge is -2.06. The standard InChI is InChI=1S/C12H16N2O/c1-10(14)2-3-11-4-6-12(7-5-11)15-9-8-13/h4-7,10H,2-3,9,14H2,1H3. The molecule has 1 rings (SSSR count). The number of rotatable bonds is 5. The summed E-state index contributed by atoms with van der Waals surface area (Å²) >= 11 is 0. The van der Waals surface area contributed by atoms with E-state index in [0.717, 1.165) is 18.6 Å². The second-order valence-electron chi connectivity index (χ2n) is 3.61. The SMILES string of the molecule is CC(N)CCc1ccc(OCC#N)cc1. The number of hydrogen-bond acceptors (Lipinski definition) is 3.